The van der Waals surface area contributed by atoms with Crippen molar-refractivity contribution in [2.45, 2.75) is 24.8 Å². The molecule has 0 spiro atoms. The highest BCUT2D eigenvalue weighted by atomic mass is 35.5. The maximum Gasteiger partial charge on any atom is 0.206 e. The number of nitrogens with one attached hydrogen (secondary N) is 1. The van der Waals surface area contributed by atoms with Crippen LogP contribution in [-0.4, -0.2) is 18.2 Å². The summed E-state index contributed by atoms with van der Waals surface area (Å²) < 4.78 is 28.8. The largest absolute Gasteiger partial charge is 0.343 e. The number of hydrogen-bond donors (Lipinski definition) is 1. The van der Waals surface area contributed by atoms with Crippen LogP contribution < -0.4 is 5.32 Å². The van der Waals surface area contributed by atoms with Crippen molar-refractivity contribution in [2.75, 3.05) is 5.32 Å². The molecule has 0 radical (unpaired) electrons. The lowest BCUT2D eigenvalue weighted by molar-refractivity contribution is 0.563. The third kappa shape index (κ3) is 3.11. The zero-order valence-electron chi connectivity index (χ0n) is 15.1. The van der Waals surface area contributed by atoms with Gasteiger partial charge in [0.1, 0.15) is 11.9 Å². The number of allylic oxidation sites excluding steroid dienone is 2. The van der Waals surface area contributed by atoms with E-state index in [4.69, 9.17) is 23.2 Å². The number of halogens is 2. The second-order valence-corrected chi connectivity index (χ2v) is 9.35. The minimum absolute atomic E-state index is 0.225. The van der Waals surface area contributed by atoms with E-state index in [1.807, 2.05) is 13.0 Å². The molecule has 1 atom stereocenters. The highest BCUT2D eigenvalue weighted by Crippen LogP contribution is 2.42. The summed E-state index contributed by atoms with van der Waals surface area (Å²) in [6, 6.07) is 14.7. The highest BCUT2D eigenvalue weighted by Gasteiger charge is 2.37. The molecule has 3 aromatic rings. The first-order valence-electron chi connectivity index (χ1n) is 8.58. The summed E-state index contributed by atoms with van der Waals surface area (Å²) in [4.78, 5) is 0.455. The molecule has 0 bridgehead atoms. The SMILES string of the molecule is CC1=C(S(=O)(=O)c2ccccc2)C(c2ccc(Cl)c(Cl)c2)n2nc(C)cc2N1. The molecular weight excluding hydrogens is 417 g/mol. The van der Waals surface area contributed by atoms with E-state index in [1.54, 1.807) is 60.1 Å². The Morgan fingerprint density at radius 1 is 1.00 bits per heavy atom. The average Bonchev–Trinajstić information content (AvgIpc) is 3.03. The summed E-state index contributed by atoms with van der Waals surface area (Å²) in [5.41, 5.74) is 2.01. The maximum atomic E-state index is 13.6. The average molecular weight is 434 g/mol. The van der Waals surface area contributed by atoms with Gasteiger partial charge in [0.05, 0.1) is 25.5 Å². The molecular formula is C20H17Cl2N3O2S. The predicted octanol–water partition coefficient (Wildman–Crippen LogP) is 5.22. The van der Waals surface area contributed by atoms with E-state index in [1.165, 1.54) is 0 Å². The van der Waals surface area contributed by atoms with Crippen LogP contribution in [0.2, 0.25) is 10.0 Å². The monoisotopic (exact) mass is 433 g/mol. The molecule has 0 aliphatic carbocycles. The molecule has 144 valence electrons. The van der Waals surface area contributed by atoms with Crippen LogP contribution in [0.1, 0.15) is 24.2 Å². The smallest absolute Gasteiger partial charge is 0.206 e. The molecule has 5 nitrogen and oxygen atoms in total. The van der Waals surface area contributed by atoms with E-state index in [2.05, 4.69) is 10.4 Å². The summed E-state index contributed by atoms with van der Waals surface area (Å²) in [6.45, 7) is 3.62. The van der Waals surface area contributed by atoms with Crippen LogP contribution in [0.25, 0.3) is 0 Å². The first kappa shape index (κ1) is 19.1. The van der Waals surface area contributed by atoms with Gasteiger partial charge in [-0.2, -0.15) is 5.10 Å². The third-order valence-corrected chi connectivity index (χ3v) is 7.38. The molecule has 2 aromatic carbocycles. The second kappa shape index (κ2) is 6.95. The van der Waals surface area contributed by atoms with Gasteiger partial charge in [0.25, 0.3) is 0 Å². The first-order chi connectivity index (χ1) is 13.3. The number of fused-ring (bicyclic) bond motifs is 1. The summed E-state index contributed by atoms with van der Waals surface area (Å²) in [5, 5.41) is 8.47. The van der Waals surface area contributed by atoms with E-state index in [0.29, 0.717) is 21.3 Å². The standard InChI is InChI=1S/C20H17Cl2N3O2S/c1-12-10-18-23-13(2)20(28(26,27)15-6-4-3-5-7-15)19(25(18)24-12)14-8-9-16(21)17(22)11-14/h3-11,19,23H,1-2H3. The number of anilines is 1. The van der Waals surface area contributed by atoms with Gasteiger partial charge in [-0.25, -0.2) is 13.1 Å². The molecule has 1 aromatic heterocycles. The lowest BCUT2D eigenvalue weighted by Crippen LogP contribution is -2.28. The zero-order chi connectivity index (χ0) is 20.1. The van der Waals surface area contributed by atoms with Crippen LogP contribution >= 0.6 is 23.2 Å². The van der Waals surface area contributed by atoms with Crippen molar-refractivity contribution in [2.24, 2.45) is 0 Å². The number of aryl methyl sites for hydroxylation is 1. The fourth-order valence-corrected chi connectivity index (χ4v) is 5.49. The van der Waals surface area contributed by atoms with Crippen molar-refractivity contribution >= 4 is 38.9 Å². The van der Waals surface area contributed by atoms with Crippen LogP contribution in [0.5, 0.6) is 0 Å². The summed E-state index contributed by atoms with van der Waals surface area (Å²) in [6.07, 6.45) is 0. The minimum Gasteiger partial charge on any atom is -0.343 e. The quantitative estimate of drug-likeness (QED) is 0.614. The van der Waals surface area contributed by atoms with E-state index in [0.717, 1.165) is 11.5 Å². The molecule has 4 rings (SSSR count). The van der Waals surface area contributed by atoms with Gasteiger partial charge in [0.15, 0.2) is 0 Å². The summed E-state index contributed by atoms with van der Waals surface area (Å²) in [7, 11) is -3.78. The topological polar surface area (TPSA) is 64.0 Å². The van der Waals surface area contributed by atoms with E-state index in [-0.39, 0.29) is 9.80 Å². The van der Waals surface area contributed by atoms with Crippen molar-refractivity contribution < 1.29 is 8.42 Å². The van der Waals surface area contributed by atoms with Crippen LogP contribution in [0.15, 0.2) is 70.1 Å². The molecule has 28 heavy (non-hydrogen) atoms. The predicted molar refractivity (Wildman–Crippen MR) is 112 cm³/mol. The number of benzene rings is 2. The van der Waals surface area contributed by atoms with Gasteiger partial charge in [0, 0.05) is 11.8 Å². The van der Waals surface area contributed by atoms with Gasteiger partial charge in [-0.15, -0.1) is 0 Å². The molecule has 1 aliphatic rings. The number of rotatable bonds is 3. The molecule has 1 aliphatic heterocycles. The van der Waals surface area contributed by atoms with E-state index >= 15 is 0 Å². The Labute approximate surface area is 173 Å². The Kier molecular flexibility index (Phi) is 4.73. The second-order valence-electron chi connectivity index (χ2n) is 6.62. The van der Waals surface area contributed by atoms with Crippen LogP contribution in [0.4, 0.5) is 5.82 Å². The zero-order valence-corrected chi connectivity index (χ0v) is 17.5. The van der Waals surface area contributed by atoms with Crippen LogP contribution in [0.3, 0.4) is 0 Å². The molecule has 1 unspecified atom stereocenters. The Hall–Kier alpha value is -2.28. The third-order valence-electron chi connectivity index (χ3n) is 4.64. The van der Waals surface area contributed by atoms with Gasteiger partial charge in [-0.1, -0.05) is 47.5 Å². The van der Waals surface area contributed by atoms with Crippen molar-refractivity contribution in [1.29, 1.82) is 0 Å². The molecule has 0 amide bonds. The maximum absolute atomic E-state index is 13.6. The Morgan fingerprint density at radius 2 is 1.71 bits per heavy atom. The molecule has 0 saturated carbocycles. The minimum atomic E-state index is -3.78. The van der Waals surface area contributed by atoms with E-state index in [9.17, 15) is 8.42 Å². The van der Waals surface area contributed by atoms with Gasteiger partial charge in [-0.3, -0.25) is 0 Å². The van der Waals surface area contributed by atoms with Gasteiger partial charge in [0.2, 0.25) is 9.84 Å². The fourth-order valence-electron chi connectivity index (χ4n) is 3.43. The number of sulfone groups is 1. The van der Waals surface area contributed by atoms with Crippen molar-refractivity contribution in [3.8, 4) is 0 Å². The normalized spacial score (nSPS) is 16.6. The number of hydrogen-bond acceptors (Lipinski definition) is 4. The van der Waals surface area contributed by atoms with E-state index < -0.39 is 15.9 Å². The molecule has 0 saturated heterocycles. The molecule has 2 heterocycles. The van der Waals surface area contributed by atoms with Crippen molar-refractivity contribution in [3.05, 3.63) is 86.5 Å². The lowest BCUT2D eigenvalue weighted by atomic mass is 10.0. The Balaban J connectivity index is 1.98. The fraction of sp³-hybridized carbons (Fsp3) is 0.150. The number of nitrogens with zero attached hydrogens (tertiary/aromatic N) is 2. The molecule has 0 fully saturated rings. The van der Waals surface area contributed by atoms with Crippen LogP contribution in [0, 0.1) is 6.92 Å². The summed E-state index contributed by atoms with van der Waals surface area (Å²) in [5.74, 6) is 0.720. The Bertz CT molecular complexity index is 1200. The Morgan fingerprint density at radius 3 is 2.39 bits per heavy atom. The van der Waals surface area contributed by atoms with Crippen molar-refractivity contribution in [1.82, 2.24) is 9.78 Å². The highest BCUT2D eigenvalue weighted by molar-refractivity contribution is 7.95. The van der Waals surface area contributed by atoms with Gasteiger partial charge >= 0.3 is 0 Å². The molecule has 8 heteroatoms. The first-order valence-corrected chi connectivity index (χ1v) is 10.8. The molecule has 1 N–H and O–H groups in total. The lowest BCUT2D eigenvalue weighted by Gasteiger charge is -2.30. The van der Waals surface area contributed by atoms with Crippen molar-refractivity contribution in [3.63, 3.8) is 0 Å². The number of aromatic nitrogens is 2. The van der Waals surface area contributed by atoms with Gasteiger partial charge in [-0.05, 0) is 43.7 Å². The van der Waals surface area contributed by atoms with Crippen LogP contribution in [-0.2, 0) is 9.84 Å². The van der Waals surface area contributed by atoms with Gasteiger partial charge < -0.3 is 5.32 Å². The summed E-state index contributed by atoms with van der Waals surface area (Å²) >= 11 is 12.3.